The highest BCUT2D eigenvalue weighted by molar-refractivity contribution is 5.93. The molecule has 1 heterocycles. The van der Waals surface area contributed by atoms with Crippen LogP contribution in [0.15, 0.2) is 24.5 Å². The molecule has 0 saturated heterocycles. The van der Waals surface area contributed by atoms with Crippen LogP contribution in [-0.2, 0) is 0 Å². The van der Waals surface area contributed by atoms with Gasteiger partial charge in [0.25, 0.3) is 12.3 Å². The largest absolute Gasteiger partial charge is 0.346 e. The van der Waals surface area contributed by atoms with Crippen molar-refractivity contribution in [2.24, 2.45) is 0 Å². The topological polar surface area (TPSA) is 42.0 Å². The number of carbonyl (C=O) groups is 1. The van der Waals surface area contributed by atoms with Crippen molar-refractivity contribution >= 4 is 5.91 Å². The van der Waals surface area contributed by atoms with Gasteiger partial charge in [-0.15, -0.1) is 0 Å². The molecule has 0 unspecified atom stereocenters. The third kappa shape index (κ3) is 3.14. The smallest absolute Gasteiger partial charge is 0.255 e. The van der Waals surface area contributed by atoms with Gasteiger partial charge in [-0.3, -0.25) is 9.78 Å². The maximum absolute atomic E-state index is 11.7. The van der Waals surface area contributed by atoms with Crippen LogP contribution in [-0.4, -0.2) is 23.9 Å². The molecule has 0 fully saturated rings. The number of carbonyl (C=O) groups excluding carboxylic acids is 1. The van der Waals surface area contributed by atoms with Crippen molar-refractivity contribution in [3.8, 4) is 0 Å². The summed E-state index contributed by atoms with van der Waals surface area (Å²) in [6, 6.07) is 3.07. The van der Waals surface area contributed by atoms with E-state index in [0.717, 1.165) is 0 Å². The normalized spacial score (nSPS) is 10.1. The summed E-state index contributed by atoms with van der Waals surface area (Å²) in [5, 5.41) is 2.07. The predicted molar refractivity (Wildman–Crippen MR) is 42.6 cm³/mol. The summed E-state index contributed by atoms with van der Waals surface area (Å²) < 4.78 is 23.4. The van der Waals surface area contributed by atoms with E-state index in [9.17, 15) is 13.6 Å². The van der Waals surface area contributed by atoms with E-state index in [-0.39, 0.29) is 5.56 Å². The molecule has 0 aliphatic rings. The number of rotatable bonds is 3. The molecule has 5 heteroatoms. The number of pyridine rings is 1. The van der Waals surface area contributed by atoms with Crippen molar-refractivity contribution in [3.05, 3.63) is 30.1 Å². The second-order valence-corrected chi connectivity index (χ2v) is 2.34. The van der Waals surface area contributed by atoms with E-state index in [1.54, 1.807) is 6.07 Å². The van der Waals surface area contributed by atoms with Crippen molar-refractivity contribution in [1.82, 2.24) is 10.3 Å². The number of halogens is 2. The summed E-state index contributed by atoms with van der Waals surface area (Å²) >= 11 is 0. The number of nitrogens with zero attached hydrogens (tertiary/aromatic N) is 1. The number of nitrogens with one attached hydrogen (secondary N) is 1. The Morgan fingerprint density at radius 3 is 2.92 bits per heavy atom. The fourth-order valence-electron chi connectivity index (χ4n) is 0.769. The first-order valence-electron chi connectivity index (χ1n) is 3.66. The molecule has 0 bridgehead atoms. The zero-order valence-electron chi connectivity index (χ0n) is 6.71. The van der Waals surface area contributed by atoms with Gasteiger partial charge in [-0.1, -0.05) is 0 Å². The van der Waals surface area contributed by atoms with Crippen molar-refractivity contribution in [2.45, 2.75) is 6.43 Å². The van der Waals surface area contributed by atoms with Gasteiger partial charge in [-0.2, -0.15) is 0 Å². The summed E-state index contributed by atoms with van der Waals surface area (Å²) in [5.74, 6) is -0.534. The van der Waals surface area contributed by atoms with Gasteiger partial charge in [0, 0.05) is 12.4 Å². The zero-order chi connectivity index (χ0) is 9.68. The minimum atomic E-state index is -2.53. The van der Waals surface area contributed by atoms with E-state index in [2.05, 4.69) is 10.3 Å². The molecule has 0 spiro atoms. The SMILES string of the molecule is O=C(NCC(F)F)c1cccnc1. The molecule has 1 aromatic rings. The van der Waals surface area contributed by atoms with Crippen LogP contribution in [0.3, 0.4) is 0 Å². The molecular formula is C8H8F2N2O. The third-order valence-electron chi connectivity index (χ3n) is 1.34. The van der Waals surface area contributed by atoms with Crippen molar-refractivity contribution in [1.29, 1.82) is 0 Å². The average molecular weight is 186 g/mol. The molecule has 0 aliphatic carbocycles. The minimum Gasteiger partial charge on any atom is -0.346 e. The number of amides is 1. The van der Waals surface area contributed by atoms with Crippen LogP contribution >= 0.6 is 0 Å². The van der Waals surface area contributed by atoms with Gasteiger partial charge in [0.1, 0.15) is 0 Å². The Kier molecular flexibility index (Phi) is 3.31. The quantitative estimate of drug-likeness (QED) is 0.767. The van der Waals surface area contributed by atoms with Crippen LogP contribution in [0.25, 0.3) is 0 Å². The molecule has 0 aliphatic heterocycles. The summed E-state index contributed by atoms with van der Waals surface area (Å²) in [7, 11) is 0. The fraction of sp³-hybridized carbons (Fsp3) is 0.250. The Morgan fingerprint density at radius 1 is 1.62 bits per heavy atom. The van der Waals surface area contributed by atoms with Gasteiger partial charge in [0.15, 0.2) is 0 Å². The van der Waals surface area contributed by atoms with E-state index in [1.165, 1.54) is 18.5 Å². The molecule has 1 N–H and O–H groups in total. The standard InChI is InChI=1S/C8H8F2N2O/c9-7(10)5-12-8(13)6-2-1-3-11-4-6/h1-4,7H,5H2,(H,12,13). The van der Waals surface area contributed by atoms with E-state index >= 15 is 0 Å². The predicted octanol–water partition coefficient (Wildman–Crippen LogP) is 1.08. The molecule has 0 aromatic carbocycles. The number of hydrogen-bond acceptors (Lipinski definition) is 2. The van der Waals surface area contributed by atoms with Crippen LogP contribution < -0.4 is 5.32 Å². The fourth-order valence-corrected chi connectivity index (χ4v) is 0.769. The van der Waals surface area contributed by atoms with Crippen molar-refractivity contribution in [2.75, 3.05) is 6.54 Å². The van der Waals surface area contributed by atoms with E-state index < -0.39 is 18.9 Å². The highest BCUT2D eigenvalue weighted by Crippen LogP contribution is 1.96. The van der Waals surface area contributed by atoms with Gasteiger partial charge in [-0.25, -0.2) is 8.78 Å². The lowest BCUT2D eigenvalue weighted by Crippen LogP contribution is -2.28. The van der Waals surface area contributed by atoms with Crippen LogP contribution in [0.5, 0.6) is 0 Å². The number of aromatic nitrogens is 1. The molecule has 0 saturated carbocycles. The summed E-state index contributed by atoms with van der Waals surface area (Å²) in [6.07, 6.45) is 0.297. The Morgan fingerprint density at radius 2 is 2.38 bits per heavy atom. The van der Waals surface area contributed by atoms with E-state index in [0.29, 0.717) is 0 Å². The number of alkyl halides is 2. The van der Waals surface area contributed by atoms with Gasteiger partial charge in [0.2, 0.25) is 0 Å². The van der Waals surface area contributed by atoms with Crippen molar-refractivity contribution in [3.63, 3.8) is 0 Å². The third-order valence-corrected chi connectivity index (χ3v) is 1.34. The molecule has 1 amide bonds. The summed E-state index contributed by atoms with van der Waals surface area (Å²) in [4.78, 5) is 14.7. The molecule has 70 valence electrons. The molecule has 13 heavy (non-hydrogen) atoms. The lowest BCUT2D eigenvalue weighted by atomic mass is 10.3. The van der Waals surface area contributed by atoms with Crippen LogP contribution in [0.4, 0.5) is 8.78 Å². The van der Waals surface area contributed by atoms with Gasteiger partial charge in [-0.05, 0) is 12.1 Å². The molecule has 0 atom stereocenters. The lowest BCUT2D eigenvalue weighted by Gasteiger charge is -2.02. The summed E-state index contributed by atoms with van der Waals surface area (Å²) in [5.41, 5.74) is 0.281. The average Bonchev–Trinajstić information content (AvgIpc) is 2.15. The molecular weight excluding hydrogens is 178 g/mol. The zero-order valence-corrected chi connectivity index (χ0v) is 6.71. The molecule has 3 nitrogen and oxygen atoms in total. The Hall–Kier alpha value is -1.52. The first-order chi connectivity index (χ1) is 6.20. The van der Waals surface area contributed by atoms with Crippen LogP contribution in [0.2, 0.25) is 0 Å². The first-order valence-corrected chi connectivity index (χ1v) is 3.66. The second-order valence-electron chi connectivity index (χ2n) is 2.34. The maximum Gasteiger partial charge on any atom is 0.255 e. The van der Waals surface area contributed by atoms with Crippen molar-refractivity contribution < 1.29 is 13.6 Å². The Bertz CT molecular complexity index is 277. The van der Waals surface area contributed by atoms with Crippen LogP contribution in [0.1, 0.15) is 10.4 Å². The Labute approximate surface area is 73.8 Å². The highest BCUT2D eigenvalue weighted by atomic mass is 19.3. The van der Waals surface area contributed by atoms with Gasteiger partial charge < -0.3 is 5.32 Å². The monoisotopic (exact) mass is 186 g/mol. The minimum absolute atomic E-state index is 0.281. The molecule has 0 radical (unpaired) electrons. The highest BCUT2D eigenvalue weighted by Gasteiger charge is 2.07. The van der Waals surface area contributed by atoms with E-state index in [1.807, 2.05) is 0 Å². The maximum atomic E-state index is 11.7. The summed E-state index contributed by atoms with van der Waals surface area (Å²) in [6.45, 7) is -0.631. The number of hydrogen-bond donors (Lipinski definition) is 1. The van der Waals surface area contributed by atoms with Crippen LogP contribution in [0, 0.1) is 0 Å². The lowest BCUT2D eigenvalue weighted by molar-refractivity contribution is 0.0891. The molecule has 1 aromatic heterocycles. The Balaban J connectivity index is 2.50. The van der Waals surface area contributed by atoms with Gasteiger partial charge >= 0.3 is 0 Å². The second kappa shape index (κ2) is 4.49. The van der Waals surface area contributed by atoms with Gasteiger partial charge in [0.05, 0.1) is 12.1 Å². The first kappa shape index (κ1) is 9.57. The van der Waals surface area contributed by atoms with E-state index in [4.69, 9.17) is 0 Å². The molecule has 1 rings (SSSR count).